The number of nitrogens with one attached hydrogen (secondary N) is 1. The van der Waals surface area contributed by atoms with Gasteiger partial charge in [-0.15, -0.1) is 5.10 Å². The summed E-state index contributed by atoms with van der Waals surface area (Å²) >= 11 is 0. The van der Waals surface area contributed by atoms with E-state index in [1.807, 2.05) is 66.9 Å². The van der Waals surface area contributed by atoms with Gasteiger partial charge in [0.1, 0.15) is 12.4 Å². The summed E-state index contributed by atoms with van der Waals surface area (Å²) < 4.78 is 3.26. The molecule has 0 unspecified atom stereocenters. The molecule has 2 aromatic heterocycles. The summed E-state index contributed by atoms with van der Waals surface area (Å²) in [4.78, 5) is 12.8. The maximum atomic E-state index is 12.8. The van der Waals surface area contributed by atoms with Crippen molar-refractivity contribution in [1.82, 2.24) is 35.3 Å². The second kappa shape index (κ2) is 8.26. The number of hydrogen-bond donors (Lipinski definition) is 1. The Morgan fingerprint density at radius 1 is 1.00 bits per heavy atom. The van der Waals surface area contributed by atoms with Gasteiger partial charge in [0.05, 0.1) is 11.9 Å². The third-order valence-electron chi connectivity index (χ3n) is 4.38. The molecule has 1 atom stereocenters. The lowest BCUT2D eigenvalue weighted by Gasteiger charge is -2.16. The summed E-state index contributed by atoms with van der Waals surface area (Å²) in [6, 6.07) is 19.1. The van der Waals surface area contributed by atoms with Gasteiger partial charge >= 0.3 is 0 Å². The predicted molar refractivity (Wildman–Crippen MR) is 102 cm³/mol. The number of aromatic nitrogens is 6. The summed E-state index contributed by atoms with van der Waals surface area (Å²) in [5.41, 5.74) is 2.91. The topological polar surface area (TPSA) is 90.5 Å². The molecule has 2 heterocycles. The molecule has 8 heteroatoms. The third kappa shape index (κ3) is 4.12. The summed E-state index contributed by atoms with van der Waals surface area (Å²) in [5.74, 6) is -0.149. The van der Waals surface area contributed by atoms with Crippen LogP contribution >= 0.6 is 0 Å². The molecule has 0 saturated carbocycles. The van der Waals surface area contributed by atoms with E-state index in [2.05, 4.69) is 25.9 Å². The van der Waals surface area contributed by atoms with E-state index in [1.54, 1.807) is 10.9 Å². The molecule has 0 aliphatic heterocycles. The van der Waals surface area contributed by atoms with Crippen LogP contribution in [0, 0.1) is 0 Å². The second-order valence-corrected chi connectivity index (χ2v) is 6.34. The Hall–Kier alpha value is -3.81. The van der Waals surface area contributed by atoms with E-state index in [0.29, 0.717) is 13.0 Å². The Kier molecular flexibility index (Phi) is 5.19. The van der Waals surface area contributed by atoms with Gasteiger partial charge in [0.15, 0.2) is 0 Å². The standard InChI is InChI=1S/C20H19N7O/c28-20(19(27-15-22-24-25-27)11-16-7-3-1-4-8-16)21-12-17-13-23-26(14-17)18-9-5-2-6-10-18/h1-10,13-15,19H,11-12H2,(H,21,28)/t19-/m1/s1. The fraction of sp³-hybridized carbons (Fsp3) is 0.150. The second-order valence-electron chi connectivity index (χ2n) is 6.34. The smallest absolute Gasteiger partial charge is 0.245 e. The number of amides is 1. The minimum Gasteiger partial charge on any atom is -0.350 e. The van der Waals surface area contributed by atoms with Crippen molar-refractivity contribution in [2.24, 2.45) is 0 Å². The largest absolute Gasteiger partial charge is 0.350 e. The highest BCUT2D eigenvalue weighted by Crippen LogP contribution is 2.14. The molecule has 0 aliphatic rings. The predicted octanol–water partition coefficient (Wildman–Crippen LogP) is 1.96. The molecule has 0 radical (unpaired) electrons. The van der Waals surface area contributed by atoms with Crippen molar-refractivity contribution in [2.45, 2.75) is 19.0 Å². The van der Waals surface area contributed by atoms with Crippen molar-refractivity contribution in [3.05, 3.63) is 90.5 Å². The summed E-state index contributed by atoms with van der Waals surface area (Å²) in [5, 5.41) is 18.6. The first-order valence-corrected chi connectivity index (χ1v) is 8.93. The van der Waals surface area contributed by atoms with Gasteiger partial charge in [-0.25, -0.2) is 9.36 Å². The van der Waals surface area contributed by atoms with Gasteiger partial charge in [0.2, 0.25) is 5.91 Å². The Morgan fingerprint density at radius 3 is 2.46 bits per heavy atom. The molecule has 28 heavy (non-hydrogen) atoms. The zero-order chi connectivity index (χ0) is 19.2. The van der Waals surface area contributed by atoms with Crippen molar-refractivity contribution in [3.63, 3.8) is 0 Å². The van der Waals surface area contributed by atoms with Crippen molar-refractivity contribution in [3.8, 4) is 5.69 Å². The molecular weight excluding hydrogens is 354 g/mol. The van der Waals surface area contributed by atoms with Gasteiger partial charge in [0.25, 0.3) is 0 Å². The molecule has 0 spiro atoms. The maximum absolute atomic E-state index is 12.8. The molecule has 2 aromatic carbocycles. The maximum Gasteiger partial charge on any atom is 0.245 e. The number of benzene rings is 2. The first-order valence-electron chi connectivity index (χ1n) is 8.93. The number of hydrogen-bond acceptors (Lipinski definition) is 5. The summed E-state index contributed by atoms with van der Waals surface area (Å²) in [6.45, 7) is 0.374. The first-order chi connectivity index (χ1) is 13.8. The van der Waals surface area contributed by atoms with E-state index in [-0.39, 0.29) is 5.91 Å². The van der Waals surface area contributed by atoms with Crippen LogP contribution in [0.3, 0.4) is 0 Å². The molecule has 4 rings (SSSR count). The molecule has 1 N–H and O–H groups in total. The van der Waals surface area contributed by atoms with Gasteiger partial charge in [-0.3, -0.25) is 4.79 Å². The zero-order valence-corrected chi connectivity index (χ0v) is 15.1. The van der Waals surface area contributed by atoms with Crippen molar-refractivity contribution < 1.29 is 4.79 Å². The number of carbonyl (C=O) groups is 1. The van der Waals surface area contributed by atoms with Gasteiger partial charge in [0, 0.05) is 24.7 Å². The Bertz CT molecular complexity index is 1010. The lowest BCUT2D eigenvalue weighted by molar-refractivity contribution is -0.124. The van der Waals surface area contributed by atoms with E-state index in [1.165, 1.54) is 11.0 Å². The highest BCUT2D eigenvalue weighted by molar-refractivity contribution is 5.80. The van der Waals surface area contributed by atoms with Gasteiger partial charge in [-0.1, -0.05) is 48.5 Å². The highest BCUT2D eigenvalue weighted by atomic mass is 16.2. The number of carbonyl (C=O) groups excluding carboxylic acids is 1. The lowest BCUT2D eigenvalue weighted by atomic mass is 10.1. The monoisotopic (exact) mass is 373 g/mol. The molecule has 4 aromatic rings. The molecule has 8 nitrogen and oxygen atoms in total. The fourth-order valence-electron chi connectivity index (χ4n) is 2.94. The van der Waals surface area contributed by atoms with E-state index in [4.69, 9.17) is 0 Å². The average molecular weight is 373 g/mol. The van der Waals surface area contributed by atoms with Crippen LogP contribution in [-0.4, -0.2) is 35.9 Å². The zero-order valence-electron chi connectivity index (χ0n) is 15.1. The molecule has 0 saturated heterocycles. The molecule has 1 amide bonds. The Morgan fingerprint density at radius 2 is 1.75 bits per heavy atom. The molecule has 0 bridgehead atoms. The van der Waals surface area contributed by atoms with E-state index < -0.39 is 6.04 Å². The van der Waals surface area contributed by atoms with Crippen LogP contribution in [-0.2, 0) is 17.8 Å². The van der Waals surface area contributed by atoms with Crippen LogP contribution in [0.15, 0.2) is 79.4 Å². The van der Waals surface area contributed by atoms with Crippen molar-refractivity contribution in [1.29, 1.82) is 0 Å². The quantitative estimate of drug-likeness (QED) is 0.535. The third-order valence-corrected chi connectivity index (χ3v) is 4.38. The normalized spacial score (nSPS) is 11.9. The van der Waals surface area contributed by atoms with Crippen LogP contribution < -0.4 is 5.32 Å². The van der Waals surface area contributed by atoms with Crippen molar-refractivity contribution in [2.75, 3.05) is 0 Å². The van der Waals surface area contributed by atoms with Gasteiger partial charge < -0.3 is 5.32 Å². The number of nitrogens with zero attached hydrogens (tertiary/aromatic N) is 6. The van der Waals surface area contributed by atoms with Crippen LogP contribution in [0.4, 0.5) is 0 Å². The average Bonchev–Trinajstić information content (AvgIpc) is 3.44. The van der Waals surface area contributed by atoms with Crippen molar-refractivity contribution >= 4 is 5.91 Å². The van der Waals surface area contributed by atoms with E-state index in [9.17, 15) is 4.79 Å². The van der Waals surface area contributed by atoms with E-state index in [0.717, 1.165) is 16.8 Å². The fourth-order valence-corrected chi connectivity index (χ4v) is 2.94. The van der Waals surface area contributed by atoms with Gasteiger partial charge in [-0.05, 0) is 28.1 Å². The SMILES string of the molecule is O=C(NCc1cnn(-c2ccccc2)c1)[C@@H](Cc1ccccc1)n1cnnn1. The summed E-state index contributed by atoms with van der Waals surface area (Å²) in [6.07, 6.45) is 5.61. The van der Waals surface area contributed by atoms with Crippen LogP contribution in [0.5, 0.6) is 0 Å². The van der Waals surface area contributed by atoms with Crippen LogP contribution in [0.25, 0.3) is 5.69 Å². The Labute approximate surface area is 161 Å². The molecule has 140 valence electrons. The Balaban J connectivity index is 1.44. The van der Waals surface area contributed by atoms with Crippen LogP contribution in [0.2, 0.25) is 0 Å². The number of rotatable bonds is 7. The number of para-hydroxylation sites is 1. The molecule has 0 fully saturated rings. The summed E-state index contributed by atoms with van der Waals surface area (Å²) in [7, 11) is 0. The highest BCUT2D eigenvalue weighted by Gasteiger charge is 2.22. The molecular formula is C20H19N7O. The molecule has 0 aliphatic carbocycles. The van der Waals surface area contributed by atoms with E-state index >= 15 is 0 Å². The minimum absolute atomic E-state index is 0.149. The minimum atomic E-state index is -0.526. The van der Waals surface area contributed by atoms with Crippen LogP contribution in [0.1, 0.15) is 17.2 Å². The lowest BCUT2D eigenvalue weighted by Crippen LogP contribution is -2.33. The first kappa shape index (κ1) is 17.6. The van der Waals surface area contributed by atoms with Gasteiger partial charge in [-0.2, -0.15) is 5.10 Å². The number of tetrazole rings is 1.